The summed E-state index contributed by atoms with van der Waals surface area (Å²) in [6.45, 7) is 13.3. The van der Waals surface area contributed by atoms with Gasteiger partial charge in [-0.05, 0) is 51.6 Å². The number of rotatable bonds is 8. The molecular weight excluding hydrogens is 186 g/mol. The van der Waals surface area contributed by atoms with E-state index in [4.69, 9.17) is 4.74 Å². The van der Waals surface area contributed by atoms with Crippen LogP contribution in [0, 0.1) is 11.8 Å². The Labute approximate surface area is 95.8 Å². The van der Waals surface area contributed by atoms with Crippen molar-refractivity contribution in [2.75, 3.05) is 20.2 Å². The van der Waals surface area contributed by atoms with Crippen molar-refractivity contribution >= 4 is 0 Å². The standard InChI is InChI=1S/C13H29NO/c1-7-14-10-12(11(2)3)8-9-13(4,5)15-6/h11-12,14H,7-10H2,1-6H3. The molecule has 1 atom stereocenters. The molecule has 0 heterocycles. The van der Waals surface area contributed by atoms with Crippen molar-refractivity contribution in [3.63, 3.8) is 0 Å². The first-order chi connectivity index (χ1) is 6.93. The summed E-state index contributed by atoms with van der Waals surface area (Å²) in [5.74, 6) is 1.51. The normalized spacial score (nSPS) is 14.6. The fourth-order valence-corrected chi connectivity index (χ4v) is 1.64. The van der Waals surface area contributed by atoms with Crippen LogP contribution in [0.1, 0.15) is 47.5 Å². The monoisotopic (exact) mass is 215 g/mol. The van der Waals surface area contributed by atoms with Gasteiger partial charge in [-0.25, -0.2) is 0 Å². The van der Waals surface area contributed by atoms with E-state index in [1.54, 1.807) is 7.11 Å². The van der Waals surface area contributed by atoms with E-state index in [1.807, 2.05) is 0 Å². The maximum Gasteiger partial charge on any atom is 0.0622 e. The van der Waals surface area contributed by atoms with Crippen LogP contribution in [0.3, 0.4) is 0 Å². The second kappa shape index (κ2) is 7.24. The predicted molar refractivity (Wildman–Crippen MR) is 67.2 cm³/mol. The molecule has 0 aliphatic rings. The lowest BCUT2D eigenvalue weighted by Crippen LogP contribution is -2.29. The molecule has 0 aromatic carbocycles. The highest BCUT2D eigenvalue weighted by molar-refractivity contribution is 4.73. The number of methoxy groups -OCH3 is 1. The van der Waals surface area contributed by atoms with Gasteiger partial charge in [0, 0.05) is 7.11 Å². The van der Waals surface area contributed by atoms with Crippen molar-refractivity contribution in [3.05, 3.63) is 0 Å². The zero-order valence-corrected chi connectivity index (χ0v) is 11.4. The summed E-state index contributed by atoms with van der Waals surface area (Å²) in [5.41, 5.74) is 0.0271. The van der Waals surface area contributed by atoms with E-state index in [0.717, 1.165) is 31.3 Å². The molecule has 0 spiro atoms. The Morgan fingerprint density at radius 3 is 2.27 bits per heavy atom. The molecule has 0 saturated heterocycles. The van der Waals surface area contributed by atoms with Gasteiger partial charge in [0.25, 0.3) is 0 Å². The minimum absolute atomic E-state index is 0.0271. The first kappa shape index (κ1) is 14.9. The van der Waals surface area contributed by atoms with Crippen molar-refractivity contribution in [2.45, 2.75) is 53.1 Å². The molecule has 2 nitrogen and oxygen atoms in total. The minimum atomic E-state index is 0.0271. The summed E-state index contributed by atoms with van der Waals surface area (Å²) in [6, 6.07) is 0. The predicted octanol–water partition coefficient (Wildman–Crippen LogP) is 3.07. The van der Waals surface area contributed by atoms with Crippen LogP contribution in [0.2, 0.25) is 0 Å². The molecule has 0 rings (SSSR count). The van der Waals surface area contributed by atoms with Crippen LogP contribution >= 0.6 is 0 Å². The van der Waals surface area contributed by atoms with Gasteiger partial charge in [-0.3, -0.25) is 0 Å². The summed E-state index contributed by atoms with van der Waals surface area (Å²) < 4.78 is 5.45. The van der Waals surface area contributed by atoms with Gasteiger partial charge >= 0.3 is 0 Å². The van der Waals surface area contributed by atoms with Gasteiger partial charge in [-0.15, -0.1) is 0 Å². The van der Waals surface area contributed by atoms with Crippen molar-refractivity contribution in [1.29, 1.82) is 0 Å². The van der Waals surface area contributed by atoms with Gasteiger partial charge in [0.2, 0.25) is 0 Å². The number of hydrogen-bond acceptors (Lipinski definition) is 2. The van der Waals surface area contributed by atoms with E-state index in [9.17, 15) is 0 Å². The lowest BCUT2D eigenvalue weighted by molar-refractivity contribution is 0.00882. The third-order valence-electron chi connectivity index (χ3n) is 3.27. The summed E-state index contributed by atoms with van der Waals surface area (Å²) in [6.07, 6.45) is 2.38. The van der Waals surface area contributed by atoms with E-state index in [0.29, 0.717) is 0 Å². The maximum absolute atomic E-state index is 5.45. The lowest BCUT2D eigenvalue weighted by Gasteiger charge is -2.27. The third-order valence-corrected chi connectivity index (χ3v) is 3.27. The molecule has 0 aromatic rings. The Bertz CT molecular complexity index is 155. The van der Waals surface area contributed by atoms with Crippen LogP contribution in [0.15, 0.2) is 0 Å². The Morgan fingerprint density at radius 1 is 1.27 bits per heavy atom. The number of ether oxygens (including phenoxy) is 1. The molecule has 0 aliphatic carbocycles. The lowest BCUT2D eigenvalue weighted by atomic mass is 9.87. The Morgan fingerprint density at radius 2 is 1.87 bits per heavy atom. The van der Waals surface area contributed by atoms with Crippen LogP contribution < -0.4 is 5.32 Å². The van der Waals surface area contributed by atoms with Gasteiger partial charge in [0.1, 0.15) is 0 Å². The highest BCUT2D eigenvalue weighted by atomic mass is 16.5. The first-order valence-electron chi connectivity index (χ1n) is 6.18. The first-order valence-corrected chi connectivity index (χ1v) is 6.18. The van der Waals surface area contributed by atoms with Gasteiger partial charge in [-0.2, -0.15) is 0 Å². The average Bonchev–Trinajstić information content (AvgIpc) is 2.17. The van der Waals surface area contributed by atoms with Gasteiger partial charge < -0.3 is 10.1 Å². The SMILES string of the molecule is CCNCC(CCC(C)(C)OC)C(C)C. The van der Waals surface area contributed by atoms with Crippen molar-refractivity contribution in [3.8, 4) is 0 Å². The molecule has 0 amide bonds. The molecule has 15 heavy (non-hydrogen) atoms. The molecule has 0 aliphatic heterocycles. The van der Waals surface area contributed by atoms with Gasteiger partial charge in [-0.1, -0.05) is 20.8 Å². The molecule has 0 fully saturated rings. The largest absolute Gasteiger partial charge is 0.379 e. The molecule has 0 saturated carbocycles. The quantitative estimate of drug-likeness (QED) is 0.672. The zero-order chi connectivity index (χ0) is 11.9. The highest BCUT2D eigenvalue weighted by Crippen LogP contribution is 2.23. The maximum atomic E-state index is 5.45. The fourth-order valence-electron chi connectivity index (χ4n) is 1.64. The minimum Gasteiger partial charge on any atom is -0.379 e. The van der Waals surface area contributed by atoms with Crippen LogP contribution in [-0.2, 0) is 4.74 Å². The Balaban J connectivity index is 3.95. The second-order valence-corrected chi connectivity index (χ2v) is 5.31. The zero-order valence-electron chi connectivity index (χ0n) is 11.4. The van der Waals surface area contributed by atoms with Crippen molar-refractivity contribution < 1.29 is 4.74 Å². The summed E-state index contributed by atoms with van der Waals surface area (Å²) >= 11 is 0. The van der Waals surface area contributed by atoms with Crippen molar-refractivity contribution in [1.82, 2.24) is 5.32 Å². The molecule has 92 valence electrons. The van der Waals surface area contributed by atoms with E-state index >= 15 is 0 Å². The number of hydrogen-bond donors (Lipinski definition) is 1. The second-order valence-electron chi connectivity index (χ2n) is 5.31. The molecule has 0 bridgehead atoms. The van der Waals surface area contributed by atoms with E-state index in [2.05, 4.69) is 39.9 Å². The third kappa shape index (κ3) is 6.91. The van der Waals surface area contributed by atoms with Crippen LogP contribution in [-0.4, -0.2) is 25.8 Å². The van der Waals surface area contributed by atoms with E-state index in [1.165, 1.54) is 6.42 Å². The molecule has 0 radical (unpaired) electrons. The molecule has 1 N–H and O–H groups in total. The molecule has 1 unspecified atom stereocenters. The van der Waals surface area contributed by atoms with Crippen molar-refractivity contribution in [2.24, 2.45) is 11.8 Å². The Kier molecular flexibility index (Phi) is 7.20. The van der Waals surface area contributed by atoms with Gasteiger partial charge in [0.05, 0.1) is 5.60 Å². The van der Waals surface area contributed by atoms with E-state index < -0.39 is 0 Å². The van der Waals surface area contributed by atoms with Crippen LogP contribution in [0.5, 0.6) is 0 Å². The van der Waals surface area contributed by atoms with E-state index in [-0.39, 0.29) is 5.60 Å². The summed E-state index contributed by atoms with van der Waals surface area (Å²) in [7, 11) is 1.80. The fraction of sp³-hybridized carbons (Fsp3) is 1.00. The topological polar surface area (TPSA) is 21.3 Å². The highest BCUT2D eigenvalue weighted by Gasteiger charge is 2.20. The molecule has 0 aromatic heterocycles. The molecular formula is C13H29NO. The number of nitrogens with one attached hydrogen (secondary N) is 1. The summed E-state index contributed by atoms with van der Waals surface area (Å²) in [4.78, 5) is 0. The molecule has 2 heteroatoms. The smallest absolute Gasteiger partial charge is 0.0622 e. The Hall–Kier alpha value is -0.0800. The van der Waals surface area contributed by atoms with Crippen LogP contribution in [0.4, 0.5) is 0 Å². The van der Waals surface area contributed by atoms with Gasteiger partial charge in [0.15, 0.2) is 0 Å². The average molecular weight is 215 g/mol. The van der Waals surface area contributed by atoms with Crippen LogP contribution in [0.25, 0.3) is 0 Å². The summed E-state index contributed by atoms with van der Waals surface area (Å²) in [5, 5.41) is 3.44.